The van der Waals surface area contributed by atoms with Gasteiger partial charge in [0.15, 0.2) is 0 Å². The van der Waals surface area contributed by atoms with Crippen molar-refractivity contribution in [3.63, 3.8) is 0 Å². The second kappa shape index (κ2) is 7.26. The summed E-state index contributed by atoms with van der Waals surface area (Å²) in [6.07, 6.45) is 1.75. The minimum atomic E-state index is -0.404. The first-order chi connectivity index (χ1) is 10.6. The Bertz CT molecular complexity index is 600. The van der Waals surface area contributed by atoms with Crippen LogP contribution in [0, 0.1) is 0 Å². The predicted molar refractivity (Wildman–Crippen MR) is 83.6 cm³/mol. The normalized spacial score (nSPS) is 12.9. The molecule has 0 saturated carbocycles. The van der Waals surface area contributed by atoms with Gasteiger partial charge in [0.1, 0.15) is 6.54 Å². The standard InChI is InChI=1S/C15H18N4O3/c1-2-8-16-13(20)7-9-17-15(22)19-10-14(21)18-11-5-3-4-6-12(11)19/h2-6H,1,7-10H2,(H,16,20)(H,17,22)(H,18,21). The summed E-state index contributed by atoms with van der Waals surface area (Å²) >= 11 is 0. The van der Waals surface area contributed by atoms with Crippen molar-refractivity contribution < 1.29 is 14.4 Å². The fraction of sp³-hybridized carbons (Fsp3) is 0.267. The Hall–Kier alpha value is -2.83. The zero-order chi connectivity index (χ0) is 15.9. The SMILES string of the molecule is C=CCNC(=O)CCNC(=O)N1CC(=O)Nc2ccccc21. The first-order valence-electron chi connectivity index (χ1n) is 6.93. The van der Waals surface area contributed by atoms with Gasteiger partial charge in [0, 0.05) is 19.5 Å². The third-order valence-corrected chi connectivity index (χ3v) is 3.09. The monoisotopic (exact) mass is 302 g/mol. The summed E-state index contributed by atoms with van der Waals surface area (Å²) in [5.74, 6) is -0.422. The Kier molecular flexibility index (Phi) is 5.13. The van der Waals surface area contributed by atoms with Crippen molar-refractivity contribution in [2.45, 2.75) is 6.42 Å². The number of rotatable bonds is 5. The van der Waals surface area contributed by atoms with Crippen molar-refractivity contribution in [2.75, 3.05) is 29.9 Å². The first kappa shape index (κ1) is 15.6. The topological polar surface area (TPSA) is 90.5 Å². The maximum Gasteiger partial charge on any atom is 0.322 e. The minimum absolute atomic E-state index is 0.0501. The van der Waals surface area contributed by atoms with Crippen LogP contribution in [0.1, 0.15) is 6.42 Å². The number of anilines is 2. The molecule has 0 fully saturated rings. The molecule has 0 aliphatic carbocycles. The van der Waals surface area contributed by atoms with Crippen LogP contribution in [0.2, 0.25) is 0 Å². The molecule has 22 heavy (non-hydrogen) atoms. The van der Waals surface area contributed by atoms with Gasteiger partial charge in [0.05, 0.1) is 11.4 Å². The van der Waals surface area contributed by atoms with E-state index in [-0.39, 0.29) is 31.3 Å². The van der Waals surface area contributed by atoms with E-state index < -0.39 is 6.03 Å². The molecule has 1 aromatic rings. The number of amides is 4. The van der Waals surface area contributed by atoms with Crippen molar-refractivity contribution in [3.8, 4) is 0 Å². The predicted octanol–water partition coefficient (Wildman–Crippen LogP) is 0.847. The number of nitrogens with zero attached hydrogens (tertiary/aromatic N) is 1. The van der Waals surface area contributed by atoms with Crippen molar-refractivity contribution in [1.29, 1.82) is 0 Å². The van der Waals surface area contributed by atoms with E-state index in [1.54, 1.807) is 30.3 Å². The molecule has 1 aliphatic rings. The van der Waals surface area contributed by atoms with Crippen LogP contribution < -0.4 is 20.9 Å². The lowest BCUT2D eigenvalue weighted by atomic mass is 10.2. The van der Waals surface area contributed by atoms with Crippen molar-refractivity contribution in [3.05, 3.63) is 36.9 Å². The van der Waals surface area contributed by atoms with Gasteiger partial charge in [-0.15, -0.1) is 6.58 Å². The average Bonchev–Trinajstić information content (AvgIpc) is 2.51. The molecule has 1 aromatic carbocycles. The lowest BCUT2D eigenvalue weighted by Crippen LogP contribution is -2.47. The molecule has 1 heterocycles. The Balaban J connectivity index is 1.91. The molecule has 0 unspecified atom stereocenters. The van der Waals surface area contributed by atoms with Gasteiger partial charge in [-0.1, -0.05) is 18.2 Å². The van der Waals surface area contributed by atoms with Crippen LogP contribution in [-0.4, -0.2) is 37.5 Å². The second-order valence-electron chi connectivity index (χ2n) is 4.73. The van der Waals surface area contributed by atoms with Gasteiger partial charge >= 0.3 is 6.03 Å². The molecule has 0 radical (unpaired) electrons. The molecule has 116 valence electrons. The highest BCUT2D eigenvalue weighted by molar-refractivity contribution is 6.09. The number of benzene rings is 1. The molecule has 0 saturated heterocycles. The highest BCUT2D eigenvalue weighted by Crippen LogP contribution is 2.28. The molecule has 1 aliphatic heterocycles. The first-order valence-corrected chi connectivity index (χ1v) is 6.93. The van der Waals surface area contributed by atoms with Crippen LogP contribution in [0.5, 0.6) is 0 Å². The molecule has 0 aromatic heterocycles. The molecule has 2 rings (SSSR count). The summed E-state index contributed by atoms with van der Waals surface area (Å²) in [6, 6.07) is 6.66. The van der Waals surface area contributed by atoms with Crippen LogP contribution in [0.3, 0.4) is 0 Å². The fourth-order valence-corrected chi connectivity index (χ4v) is 2.07. The maximum atomic E-state index is 12.2. The number of urea groups is 1. The number of carbonyl (C=O) groups is 3. The Morgan fingerprint density at radius 3 is 2.86 bits per heavy atom. The van der Waals surface area contributed by atoms with Crippen LogP contribution in [0.25, 0.3) is 0 Å². The van der Waals surface area contributed by atoms with Crippen molar-refractivity contribution in [2.24, 2.45) is 0 Å². The molecule has 7 nitrogen and oxygen atoms in total. The van der Waals surface area contributed by atoms with Crippen molar-refractivity contribution >= 4 is 29.2 Å². The number of hydrogen-bond donors (Lipinski definition) is 3. The summed E-state index contributed by atoms with van der Waals surface area (Å²) in [5.41, 5.74) is 1.23. The van der Waals surface area contributed by atoms with Gasteiger partial charge in [0.2, 0.25) is 11.8 Å². The van der Waals surface area contributed by atoms with E-state index in [0.717, 1.165) is 0 Å². The van der Waals surface area contributed by atoms with E-state index in [9.17, 15) is 14.4 Å². The Labute approximate surface area is 128 Å². The Morgan fingerprint density at radius 1 is 1.32 bits per heavy atom. The van der Waals surface area contributed by atoms with E-state index in [4.69, 9.17) is 0 Å². The van der Waals surface area contributed by atoms with Gasteiger partial charge in [-0.25, -0.2) is 4.79 Å². The highest BCUT2D eigenvalue weighted by atomic mass is 16.2. The highest BCUT2D eigenvalue weighted by Gasteiger charge is 2.26. The molecule has 7 heteroatoms. The van der Waals surface area contributed by atoms with Crippen molar-refractivity contribution in [1.82, 2.24) is 10.6 Å². The molecule has 0 atom stereocenters. The van der Waals surface area contributed by atoms with E-state index in [1.807, 2.05) is 0 Å². The lowest BCUT2D eigenvalue weighted by Gasteiger charge is -2.29. The Morgan fingerprint density at radius 2 is 2.09 bits per heavy atom. The third kappa shape index (κ3) is 3.85. The summed E-state index contributed by atoms with van der Waals surface area (Å²) in [4.78, 5) is 36.6. The number of nitrogens with one attached hydrogen (secondary N) is 3. The summed E-state index contributed by atoms with van der Waals surface area (Å²) < 4.78 is 0. The van der Waals surface area contributed by atoms with Crippen LogP contribution >= 0.6 is 0 Å². The van der Waals surface area contributed by atoms with Crippen LogP contribution in [-0.2, 0) is 9.59 Å². The molecule has 0 spiro atoms. The van der Waals surface area contributed by atoms with Crippen LogP contribution in [0.15, 0.2) is 36.9 Å². The molecule has 3 N–H and O–H groups in total. The van der Waals surface area contributed by atoms with Gasteiger partial charge in [0.25, 0.3) is 0 Å². The maximum absolute atomic E-state index is 12.2. The number of hydrogen-bond acceptors (Lipinski definition) is 3. The number of fused-ring (bicyclic) bond motifs is 1. The third-order valence-electron chi connectivity index (χ3n) is 3.09. The van der Waals surface area contributed by atoms with Gasteiger partial charge in [-0.3, -0.25) is 14.5 Å². The van der Waals surface area contributed by atoms with E-state index in [0.29, 0.717) is 17.9 Å². The van der Waals surface area contributed by atoms with E-state index >= 15 is 0 Å². The number of carbonyl (C=O) groups excluding carboxylic acids is 3. The summed E-state index contributed by atoms with van der Waals surface area (Å²) in [5, 5.41) is 7.97. The van der Waals surface area contributed by atoms with Crippen LogP contribution in [0.4, 0.5) is 16.2 Å². The molecule has 4 amide bonds. The van der Waals surface area contributed by atoms with Gasteiger partial charge in [-0.05, 0) is 12.1 Å². The summed E-state index contributed by atoms with van der Waals surface area (Å²) in [7, 11) is 0. The lowest BCUT2D eigenvalue weighted by molar-refractivity contribution is -0.120. The zero-order valence-corrected chi connectivity index (χ0v) is 12.1. The van der Waals surface area contributed by atoms with E-state index in [2.05, 4.69) is 22.5 Å². The minimum Gasteiger partial charge on any atom is -0.353 e. The molecule has 0 bridgehead atoms. The van der Waals surface area contributed by atoms with Gasteiger partial charge < -0.3 is 16.0 Å². The average molecular weight is 302 g/mol. The van der Waals surface area contributed by atoms with E-state index in [1.165, 1.54) is 4.90 Å². The second-order valence-corrected chi connectivity index (χ2v) is 4.73. The fourth-order valence-electron chi connectivity index (χ4n) is 2.07. The molecular formula is C15H18N4O3. The largest absolute Gasteiger partial charge is 0.353 e. The molecular weight excluding hydrogens is 284 g/mol. The summed E-state index contributed by atoms with van der Waals surface area (Å²) in [6.45, 7) is 4.04. The van der Waals surface area contributed by atoms with Gasteiger partial charge in [-0.2, -0.15) is 0 Å². The number of para-hydroxylation sites is 2. The smallest absolute Gasteiger partial charge is 0.322 e. The quantitative estimate of drug-likeness (QED) is 0.704. The zero-order valence-electron chi connectivity index (χ0n) is 12.1.